The molecule has 0 aliphatic heterocycles. The SMILES string of the molecule is CCc1cccc(CC)c1NC(=O)C(C)Sc1ccccc1. The van der Waals surface area contributed by atoms with Crippen LogP contribution in [-0.4, -0.2) is 11.2 Å². The molecule has 116 valence electrons. The fourth-order valence-corrected chi connectivity index (χ4v) is 3.27. The van der Waals surface area contributed by atoms with Crippen LogP contribution in [0.5, 0.6) is 0 Å². The maximum atomic E-state index is 12.5. The van der Waals surface area contributed by atoms with Crippen LogP contribution in [-0.2, 0) is 17.6 Å². The van der Waals surface area contributed by atoms with E-state index in [1.807, 2.05) is 37.3 Å². The summed E-state index contributed by atoms with van der Waals surface area (Å²) < 4.78 is 0. The Labute approximate surface area is 137 Å². The van der Waals surface area contributed by atoms with Crippen molar-refractivity contribution in [3.8, 4) is 0 Å². The first-order valence-electron chi connectivity index (χ1n) is 7.79. The fourth-order valence-electron chi connectivity index (χ4n) is 2.38. The van der Waals surface area contributed by atoms with E-state index in [0.29, 0.717) is 0 Å². The molecule has 3 heteroatoms. The summed E-state index contributed by atoms with van der Waals surface area (Å²) in [5.74, 6) is 0.0597. The van der Waals surface area contributed by atoms with E-state index in [1.54, 1.807) is 11.8 Å². The van der Waals surface area contributed by atoms with Gasteiger partial charge in [-0.3, -0.25) is 4.79 Å². The number of nitrogens with one attached hydrogen (secondary N) is 1. The Bertz CT molecular complexity index is 602. The number of aryl methyl sites for hydroxylation is 2. The van der Waals surface area contributed by atoms with Gasteiger partial charge in [-0.25, -0.2) is 0 Å². The molecule has 1 atom stereocenters. The molecule has 2 aromatic rings. The quantitative estimate of drug-likeness (QED) is 0.766. The summed E-state index contributed by atoms with van der Waals surface area (Å²) in [6.45, 7) is 6.19. The first-order chi connectivity index (χ1) is 10.7. The standard InChI is InChI=1S/C19H23NOS/c1-4-15-10-9-11-16(5-2)18(15)20-19(21)14(3)22-17-12-7-6-8-13-17/h6-14H,4-5H2,1-3H3,(H,20,21). The largest absolute Gasteiger partial charge is 0.325 e. The lowest BCUT2D eigenvalue weighted by Crippen LogP contribution is -2.23. The third-order valence-corrected chi connectivity index (χ3v) is 4.78. The van der Waals surface area contributed by atoms with Crippen LogP contribution in [0.4, 0.5) is 5.69 Å². The molecule has 1 amide bonds. The number of carbonyl (C=O) groups excluding carboxylic acids is 1. The lowest BCUT2D eigenvalue weighted by atomic mass is 10.0. The van der Waals surface area contributed by atoms with Gasteiger partial charge in [0.25, 0.3) is 0 Å². The normalized spacial score (nSPS) is 12.0. The van der Waals surface area contributed by atoms with Crippen LogP contribution < -0.4 is 5.32 Å². The molecule has 0 spiro atoms. The van der Waals surface area contributed by atoms with E-state index < -0.39 is 0 Å². The maximum Gasteiger partial charge on any atom is 0.237 e. The topological polar surface area (TPSA) is 29.1 Å². The monoisotopic (exact) mass is 313 g/mol. The molecule has 0 aliphatic rings. The minimum absolute atomic E-state index is 0.0597. The van der Waals surface area contributed by atoms with Gasteiger partial charge in [0.2, 0.25) is 5.91 Å². The molecule has 0 aromatic heterocycles. The van der Waals surface area contributed by atoms with Crippen LogP contribution in [0.1, 0.15) is 31.9 Å². The zero-order valence-electron chi connectivity index (χ0n) is 13.4. The first-order valence-corrected chi connectivity index (χ1v) is 8.67. The van der Waals surface area contributed by atoms with Gasteiger partial charge >= 0.3 is 0 Å². The van der Waals surface area contributed by atoms with Crippen molar-refractivity contribution in [3.05, 3.63) is 59.7 Å². The van der Waals surface area contributed by atoms with Gasteiger partial charge in [0.05, 0.1) is 5.25 Å². The van der Waals surface area contributed by atoms with Crippen LogP contribution in [0.3, 0.4) is 0 Å². The van der Waals surface area contributed by atoms with Gasteiger partial charge in [-0.15, -0.1) is 11.8 Å². The van der Waals surface area contributed by atoms with Gasteiger partial charge < -0.3 is 5.32 Å². The van der Waals surface area contributed by atoms with Crippen molar-refractivity contribution in [2.75, 3.05) is 5.32 Å². The predicted octanol–water partition coefficient (Wildman–Crippen LogP) is 4.93. The van der Waals surface area contributed by atoms with Gasteiger partial charge in [0, 0.05) is 10.6 Å². The van der Waals surface area contributed by atoms with Gasteiger partial charge in [0.15, 0.2) is 0 Å². The average Bonchev–Trinajstić information content (AvgIpc) is 2.55. The highest BCUT2D eigenvalue weighted by molar-refractivity contribution is 8.00. The zero-order valence-corrected chi connectivity index (χ0v) is 14.2. The summed E-state index contributed by atoms with van der Waals surface area (Å²) in [5, 5.41) is 3.01. The van der Waals surface area contributed by atoms with Gasteiger partial charge in [0.1, 0.15) is 0 Å². The van der Waals surface area contributed by atoms with Crippen LogP contribution in [0.25, 0.3) is 0 Å². The minimum atomic E-state index is -0.128. The number of anilines is 1. The lowest BCUT2D eigenvalue weighted by molar-refractivity contribution is -0.115. The molecule has 0 aliphatic carbocycles. The van der Waals surface area contributed by atoms with E-state index in [4.69, 9.17) is 0 Å². The molecule has 0 heterocycles. The molecule has 1 N–H and O–H groups in total. The maximum absolute atomic E-state index is 12.5. The third kappa shape index (κ3) is 4.14. The van der Waals surface area contributed by atoms with Crippen LogP contribution >= 0.6 is 11.8 Å². The van der Waals surface area contributed by atoms with Crippen LogP contribution in [0.15, 0.2) is 53.4 Å². The van der Waals surface area contributed by atoms with E-state index in [0.717, 1.165) is 23.4 Å². The lowest BCUT2D eigenvalue weighted by Gasteiger charge is -2.17. The van der Waals surface area contributed by atoms with E-state index in [-0.39, 0.29) is 11.2 Å². The van der Waals surface area contributed by atoms with Gasteiger partial charge in [-0.05, 0) is 43.0 Å². The van der Waals surface area contributed by atoms with Crippen molar-refractivity contribution in [2.45, 2.75) is 43.8 Å². The van der Waals surface area contributed by atoms with E-state index in [1.165, 1.54) is 11.1 Å². The number of amides is 1. The third-order valence-electron chi connectivity index (χ3n) is 3.67. The summed E-state index contributed by atoms with van der Waals surface area (Å²) in [7, 11) is 0. The first kappa shape index (κ1) is 16.6. The second-order valence-corrected chi connectivity index (χ2v) is 6.63. The van der Waals surface area contributed by atoms with Crippen LogP contribution in [0, 0.1) is 0 Å². The second kappa shape index (κ2) is 8.04. The van der Waals surface area contributed by atoms with Crippen molar-refractivity contribution in [1.29, 1.82) is 0 Å². The van der Waals surface area contributed by atoms with Crippen molar-refractivity contribution < 1.29 is 4.79 Å². The van der Waals surface area contributed by atoms with E-state index >= 15 is 0 Å². The fraction of sp³-hybridized carbons (Fsp3) is 0.316. The van der Waals surface area contributed by atoms with E-state index in [9.17, 15) is 4.79 Å². The molecule has 0 saturated carbocycles. The Kier molecular flexibility index (Phi) is 6.08. The van der Waals surface area contributed by atoms with Gasteiger partial charge in [-0.1, -0.05) is 50.2 Å². The van der Waals surface area contributed by atoms with Crippen molar-refractivity contribution in [3.63, 3.8) is 0 Å². The predicted molar refractivity (Wildman–Crippen MR) is 95.6 cm³/mol. The number of carbonyl (C=O) groups is 1. The molecule has 0 saturated heterocycles. The molecular formula is C19H23NOS. The van der Waals surface area contributed by atoms with Crippen molar-refractivity contribution >= 4 is 23.4 Å². The minimum Gasteiger partial charge on any atom is -0.325 e. The number of benzene rings is 2. The Hall–Kier alpha value is -1.74. The molecule has 0 fully saturated rings. The van der Waals surface area contributed by atoms with Crippen molar-refractivity contribution in [2.24, 2.45) is 0 Å². The molecule has 1 unspecified atom stereocenters. The molecule has 22 heavy (non-hydrogen) atoms. The highest BCUT2D eigenvalue weighted by Gasteiger charge is 2.17. The summed E-state index contributed by atoms with van der Waals surface area (Å²) in [5.41, 5.74) is 3.40. The molecule has 0 bridgehead atoms. The summed E-state index contributed by atoms with van der Waals surface area (Å²) in [6.07, 6.45) is 1.84. The Balaban J connectivity index is 2.11. The molecule has 2 nitrogen and oxygen atoms in total. The highest BCUT2D eigenvalue weighted by Crippen LogP contribution is 2.26. The summed E-state index contributed by atoms with van der Waals surface area (Å²) in [4.78, 5) is 13.6. The second-order valence-electron chi connectivity index (χ2n) is 5.22. The van der Waals surface area contributed by atoms with E-state index in [2.05, 4.69) is 37.4 Å². The zero-order chi connectivity index (χ0) is 15.9. The number of hydrogen-bond donors (Lipinski definition) is 1. The molecular weight excluding hydrogens is 290 g/mol. The molecule has 0 radical (unpaired) electrons. The van der Waals surface area contributed by atoms with Gasteiger partial charge in [-0.2, -0.15) is 0 Å². The number of para-hydroxylation sites is 1. The Morgan fingerprint density at radius 1 is 1.00 bits per heavy atom. The number of hydrogen-bond acceptors (Lipinski definition) is 2. The Morgan fingerprint density at radius 2 is 1.59 bits per heavy atom. The number of rotatable bonds is 6. The Morgan fingerprint density at radius 3 is 2.14 bits per heavy atom. The highest BCUT2D eigenvalue weighted by atomic mass is 32.2. The van der Waals surface area contributed by atoms with Crippen LogP contribution in [0.2, 0.25) is 0 Å². The summed E-state index contributed by atoms with van der Waals surface area (Å²) in [6, 6.07) is 16.3. The number of thioether (sulfide) groups is 1. The molecule has 2 aromatic carbocycles. The summed E-state index contributed by atoms with van der Waals surface area (Å²) >= 11 is 1.59. The van der Waals surface area contributed by atoms with Crippen molar-refractivity contribution in [1.82, 2.24) is 0 Å². The average molecular weight is 313 g/mol. The molecule has 2 rings (SSSR count). The smallest absolute Gasteiger partial charge is 0.237 e.